The van der Waals surface area contributed by atoms with Gasteiger partial charge in [0, 0.05) is 29.2 Å². The number of esters is 1. The molecule has 1 aliphatic heterocycles. The molecule has 8 nitrogen and oxygen atoms in total. The molecule has 2 heterocycles. The van der Waals surface area contributed by atoms with Gasteiger partial charge in [-0.1, -0.05) is 0 Å². The third kappa shape index (κ3) is 4.56. The zero-order valence-electron chi connectivity index (χ0n) is 17.4. The number of hydrogen-bond donors (Lipinski definition) is 1. The first-order valence-electron chi connectivity index (χ1n) is 10.1. The lowest BCUT2D eigenvalue weighted by atomic mass is 10.1. The molecule has 2 aliphatic rings. The SMILES string of the molecule is Cc1cc(/C=C(\C#N)C(=O)OCC(=O)Nc2ccc3c(c2)OCCO3)c(C)n1C1CC1. The van der Waals surface area contributed by atoms with Crippen molar-refractivity contribution in [3.63, 3.8) is 0 Å². The predicted molar refractivity (Wildman–Crippen MR) is 113 cm³/mol. The van der Waals surface area contributed by atoms with Crippen LogP contribution in [0.4, 0.5) is 5.69 Å². The number of nitriles is 1. The van der Waals surface area contributed by atoms with Gasteiger partial charge in [-0.05, 0) is 56.5 Å². The molecule has 1 saturated carbocycles. The van der Waals surface area contributed by atoms with Crippen LogP contribution >= 0.6 is 0 Å². The first-order chi connectivity index (χ1) is 15.0. The van der Waals surface area contributed by atoms with Gasteiger partial charge in [0.25, 0.3) is 5.91 Å². The number of carbonyl (C=O) groups is 2. The van der Waals surface area contributed by atoms with E-state index in [-0.39, 0.29) is 5.57 Å². The summed E-state index contributed by atoms with van der Waals surface area (Å²) in [5.74, 6) is -0.203. The number of ether oxygens (including phenoxy) is 3. The van der Waals surface area contributed by atoms with Gasteiger partial charge in [0.2, 0.25) is 0 Å². The van der Waals surface area contributed by atoms with Crippen molar-refractivity contribution in [2.75, 3.05) is 25.1 Å². The Hall–Kier alpha value is -3.73. The first-order valence-corrected chi connectivity index (χ1v) is 10.1. The van der Waals surface area contributed by atoms with Gasteiger partial charge in [0.05, 0.1) is 0 Å². The lowest BCUT2D eigenvalue weighted by Gasteiger charge is -2.19. The Morgan fingerprint density at radius 1 is 1.23 bits per heavy atom. The van der Waals surface area contributed by atoms with Crippen LogP contribution in [0.15, 0.2) is 29.8 Å². The molecular weight excluding hydrogens is 398 g/mol. The van der Waals surface area contributed by atoms with Gasteiger partial charge < -0.3 is 24.1 Å². The molecule has 31 heavy (non-hydrogen) atoms. The van der Waals surface area contributed by atoms with E-state index in [9.17, 15) is 14.9 Å². The largest absolute Gasteiger partial charge is 0.486 e. The molecule has 1 N–H and O–H groups in total. The van der Waals surface area contributed by atoms with E-state index in [1.165, 1.54) is 6.08 Å². The maximum absolute atomic E-state index is 12.3. The molecule has 0 atom stereocenters. The van der Waals surface area contributed by atoms with E-state index in [0.29, 0.717) is 36.4 Å². The van der Waals surface area contributed by atoms with Crippen molar-refractivity contribution >= 4 is 23.6 Å². The van der Waals surface area contributed by atoms with Gasteiger partial charge in [0.15, 0.2) is 18.1 Å². The number of rotatable bonds is 6. The van der Waals surface area contributed by atoms with E-state index >= 15 is 0 Å². The van der Waals surface area contributed by atoms with Crippen LogP contribution in [0.3, 0.4) is 0 Å². The van der Waals surface area contributed by atoms with Crippen LogP contribution in [0.25, 0.3) is 6.08 Å². The number of aryl methyl sites for hydroxylation is 1. The van der Waals surface area contributed by atoms with Crippen molar-refractivity contribution in [2.45, 2.75) is 32.7 Å². The molecule has 1 aromatic heterocycles. The summed E-state index contributed by atoms with van der Waals surface area (Å²) in [5.41, 5.74) is 3.25. The molecule has 0 unspecified atom stereocenters. The van der Waals surface area contributed by atoms with Crippen LogP contribution in [0.2, 0.25) is 0 Å². The predicted octanol–water partition coefficient (Wildman–Crippen LogP) is 3.30. The maximum Gasteiger partial charge on any atom is 0.349 e. The summed E-state index contributed by atoms with van der Waals surface area (Å²) in [5, 5.41) is 12.0. The molecule has 0 spiro atoms. The van der Waals surface area contributed by atoms with E-state index in [4.69, 9.17) is 14.2 Å². The average Bonchev–Trinajstić information content (AvgIpc) is 3.55. The molecular formula is C23H23N3O5. The number of fused-ring (bicyclic) bond motifs is 1. The minimum Gasteiger partial charge on any atom is -0.486 e. The number of benzene rings is 1. The summed E-state index contributed by atoms with van der Waals surface area (Å²) in [4.78, 5) is 24.5. The maximum atomic E-state index is 12.3. The summed E-state index contributed by atoms with van der Waals surface area (Å²) in [6, 6.07) is 9.34. The summed E-state index contributed by atoms with van der Waals surface area (Å²) in [6.07, 6.45) is 3.80. The van der Waals surface area contributed by atoms with E-state index < -0.39 is 18.5 Å². The minimum absolute atomic E-state index is 0.150. The molecule has 8 heteroatoms. The molecule has 1 amide bonds. The van der Waals surface area contributed by atoms with Crippen molar-refractivity contribution in [3.05, 3.63) is 46.8 Å². The van der Waals surface area contributed by atoms with Crippen LogP contribution in [0.1, 0.15) is 35.8 Å². The van der Waals surface area contributed by atoms with Crippen molar-refractivity contribution in [2.24, 2.45) is 0 Å². The number of anilines is 1. The topological polar surface area (TPSA) is 103 Å². The summed E-state index contributed by atoms with van der Waals surface area (Å²) >= 11 is 0. The first kappa shape index (κ1) is 20.5. The Bertz CT molecular complexity index is 1110. The Labute approximate surface area is 180 Å². The van der Waals surface area contributed by atoms with Gasteiger partial charge in [-0.25, -0.2) is 4.79 Å². The van der Waals surface area contributed by atoms with Crippen LogP contribution in [-0.2, 0) is 14.3 Å². The zero-order valence-corrected chi connectivity index (χ0v) is 17.4. The quantitative estimate of drug-likeness (QED) is 0.436. The minimum atomic E-state index is -0.837. The average molecular weight is 421 g/mol. The Balaban J connectivity index is 1.37. The Morgan fingerprint density at radius 3 is 2.68 bits per heavy atom. The summed E-state index contributed by atoms with van der Waals surface area (Å²) in [7, 11) is 0. The Kier molecular flexibility index (Phi) is 5.67. The highest BCUT2D eigenvalue weighted by Crippen LogP contribution is 2.38. The van der Waals surface area contributed by atoms with Crippen molar-refractivity contribution in [1.29, 1.82) is 5.26 Å². The number of amides is 1. The Morgan fingerprint density at radius 2 is 1.97 bits per heavy atom. The second-order valence-corrected chi connectivity index (χ2v) is 7.58. The molecule has 1 aromatic carbocycles. The summed E-state index contributed by atoms with van der Waals surface area (Å²) in [6.45, 7) is 4.39. The number of aromatic nitrogens is 1. The fourth-order valence-electron chi connectivity index (χ4n) is 3.66. The molecule has 0 saturated heterocycles. The van der Waals surface area contributed by atoms with Crippen LogP contribution < -0.4 is 14.8 Å². The monoisotopic (exact) mass is 421 g/mol. The molecule has 1 aliphatic carbocycles. The highest BCUT2D eigenvalue weighted by Gasteiger charge is 2.27. The van der Waals surface area contributed by atoms with Crippen LogP contribution in [-0.4, -0.2) is 36.3 Å². The van der Waals surface area contributed by atoms with Crippen molar-refractivity contribution in [1.82, 2.24) is 4.57 Å². The number of nitrogens with zero attached hydrogens (tertiary/aromatic N) is 2. The van der Waals surface area contributed by atoms with Gasteiger partial charge >= 0.3 is 5.97 Å². The van der Waals surface area contributed by atoms with Crippen LogP contribution in [0.5, 0.6) is 11.5 Å². The molecule has 2 aromatic rings. The van der Waals surface area contributed by atoms with Crippen LogP contribution in [0, 0.1) is 25.2 Å². The number of carbonyl (C=O) groups excluding carboxylic acids is 2. The second-order valence-electron chi connectivity index (χ2n) is 7.58. The van der Waals surface area contributed by atoms with Gasteiger partial charge in [-0.15, -0.1) is 0 Å². The standard InChI is InChI=1S/C23H23N3O5/c1-14-9-16(15(2)26(14)19-4-5-19)10-17(12-24)23(28)31-13-22(27)25-18-3-6-20-21(11-18)30-8-7-29-20/h3,6,9-11,19H,4-5,7-8,13H2,1-2H3,(H,25,27)/b17-10+. The normalized spacial score (nSPS) is 15.2. The van der Waals surface area contributed by atoms with Gasteiger partial charge in [0.1, 0.15) is 24.9 Å². The smallest absolute Gasteiger partial charge is 0.349 e. The third-order valence-electron chi connectivity index (χ3n) is 5.24. The molecule has 160 valence electrons. The lowest BCUT2D eigenvalue weighted by molar-refractivity contribution is -0.142. The summed E-state index contributed by atoms with van der Waals surface area (Å²) < 4.78 is 18.2. The lowest BCUT2D eigenvalue weighted by Crippen LogP contribution is -2.21. The van der Waals surface area contributed by atoms with E-state index in [1.54, 1.807) is 18.2 Å². The number of hydrogen-bond acceptors (Lipinski definition) is 6. The van der Waals surface area contributed by atoms with E-state index in [0.717, 1.165) is 29.8 Å². The fraction of sp³-hybridized carbons (Fsp3) is 0.348. The fourth-order valence-corrected chi connectivity index (χ4v) is 3.66. The third-order valence-corrected chi connectivity index (χ3v) is 5.24. The van der Waals surface area contributed by atoms with Gasteiger partial charge in [-0.3, -0.25) is 4.79 Å². The van der Waals surface area contributed by atoms with Gasteiger partial charge in [-0.2, -0.15) is 5.26 Å². The zero-order chi connectivity index (χ0) is 22.0. The second kappa shape index (κ2) is 8.56. The van der Waals surface area contributed by atoms with E-state index in [2.05, 4.69) is 9.88 Å². The molecule has 0 radical (unpaired) electrons. The number of nitrogens with one attached hydrogen (secondary N) is 1. The van der Waals surface area contributed by atoms with E-state index in [1.807, 2.05) is 26.0 Å². The molecule has 4 rings (SSSR count). The van der Waals surface area contributed by atoms with Crippen molar-refractivity contribution < 1.29 is 23.8 Å². The highest BCUT2D eigenvalue weighted by molar-refractivity contribution is 6.00. The highest BCUT2D eigenvalue weighted by atomic mass is 16.6. The molecule has 0 bridgehead atoms. The molecule has 1 fully saturated rings. The van der Waals surface area contributed by atoms with Crippen molar-refractivity contribution in [3.8, 4) is 17.6 Å².